The van der Waals surface area contributed by atoms with Gasteiger partial charge in [-0.3, -0.25) is 9.48 Å². The molecule has 0 aliphatic heterocycles. The van der Waals surface area contributed by atoms with Gasteiger partial charge in [-0.05, 0) is 36.7 Å². The molecule has 0 unspecified atom stereocenters. The molecule has 0 fully saturated rings. The number of hydrogen-bond donors (Lipinski definition) is 0. The van der Waals surface area contributed by atoms with Crippen molar-refractivity contribution in [3.63, 3.8) is 0 Å². The van der Waals surface area contributed by atoms with Gasteiger partial charge in [-0.1, -0.05) is 0 Å². The van der Waals surface area contributed by atoms with Gasteiger partial charge in [0.2, 0.25) is 0 Å². The van der Waals surface area contributed by atoms with Gasteiger partial charge in [-0.25, -0.2) is 0 Å². The normalized spacial score (nSPS) is 10.5. The quantitative estimate of drug-likeness (QED) is 0.845. The van der Waals surface area contributed by atoms with Gasteiger partial charge >= 0.3 is 0 Å². The summed E-state index contributed by atoms with van der Waals surface area (Å²) in [5.41, 5.74) is 1.46. The summed E-state index contributed by atoms with van der Waals surface area (Å²) in [5, 5.41) is 4.21. The highest BCUT2D eigenvalue weighted by Crippen LogP contribution is 2.21. The van der Waals surface area contributed by atoms with Crippen LogP contribution in [0.15, 0.2) is 4.47 Å². The first-order valence-electron chi connectivity index (χ1n) is 5.01. The molecule has 0 aromatic carbocycles. The lowest BCUT2D eigenvalue weighted by atomic mass is 10.3. The molecule has 0 N–H and O–H groups in total. The standard InChI is InChI=1S/C10H16BrN3O/c1-5-14(6-2)10(15)9-8(11)7(3)13(4)12-9/h5-6H2,1-4H3. The Morgan fingerprint density at radius 3 is 2.33 bits per heavy atom. The summed E-state index contributed by atoms with van der Waals surface area (Å²) < 4.78 is 2.50. The summed E-state index contributed by atoms with van der Waals surface area (Å²) in [6.07, 6.45) is 0. The lowest BCUT2D eigenvalue weighted by Gasteiger charge is -2.17. The third-order valence-electron chi connectivity index (χ3n) is 2.51. The van der Waals surface area contributed by atoms with Crippen molar-refractivity contribution in [2.24, 2.45) is 7.05 Å². The second-order valence-corrected chi connectivity index (χ2v) is 4.14. The van der Waals surface area contributed by atoms with Crippen molar-refractivity contribution in [1.29, 1.82) is 0 Å². The molecule has 0 aliphatic rings. The molecule has 15 heavy (non-hydrogen) atoms. The number of hydrogen-bond acceptors (Lipinski definition) is 2. The van der Waals surface area contributed by atoms with Gasteiger partial charge < -0.3 is 4.90 Å². The SMILES string of the molecule is CCN(CC)C(=O)c1nn(C)c(C)c1Br. The van der Waals surface area contributed by atoms with Crippen LogP contribution < -0.4 is 0 Å². The molecule has 0 saturated heterocycles. The van der Waals surface area contributed by atoms with Crippen LogP contribution in [-0.2, 0) is 7.05 Å². The molecule has 0 aliphatic carbocycles. The van der Waals surface area contributed by atoms with E-state index in [9.17, 15) is 4.79 Å². The fourth-order valence-electron chi connectivity index (χ4n) is 1.38. The van der Waals surface area contributed by atoms with Gasteiger partial charge in [0.05, 0.1) is 10.2 Å². The van der Waals surface area contributed by atoms with E-state index in [1.165, 1.54) is 0 Å². The number of halogens is 1. The van der Waals surface area contributed by atoms with E-state index in [4.69, 9.17) is 0 Å². The minimum atomic E-state index is -0.0180. The first-order chi connectivity index (χ1) is 7.02. The van der Waals surface area contributed by atoms with E-state index in [0.29, 0.717) is 18.8 Å². The summed E-state index contributed by atoms with van der Waals surface area (Å²) in [7, 11) is 1.83. The molecule has 1 aromatic rings. The van der Waals surface area contributed by atoms with E-state index >= 15 is 0 Å². The maximum atomic E-state index is 12.0. The third-order valence-corrected chi connectivity index (χ3v) is 3.46. The monoisotopic (exact) mass is 273 g/mol. The van der Waals surface area contributed by atoms with Gasteiger partial charge in [-0.2, -0.15) is 5.10 Å². The molecule has 0 radical (unpaired) electrons. The molecule has 5 heteroatoms. The first-order valence-corrected chi connectivity index (χ1v) is 5.80. The van der Waals surface area contributed by atoms with E-state index in [1.807, 2.05) is 27.8 Å². The van der Waals surface area contributed by atoms with Crippen LogP contribution >= 0.6 is 15.9 Å². The minimum absolute atomic E-state index is 0.0180. The Morgan fingerprint density at radius 1 is 1.47 bits per heavy atom. The number of carbonyl (C=O) groups excluding carboxylic acids is 1. The minimum Gasteiger partial charge on any atom is -0.338 e. The van der Waals surface area contributed by atoms with Crippen LogP contribution in [-0.4, -0.2) is 33.7 Å². The Hall–Kier alpha value is -0.840. The van der Waals surface area contributed by atoms with Gasteiger partial charge in [0.1, 0.15) is 0 Å². The molecule has 1 amide bonds. The average Bonchev–Trinajstić information content (AvgIpc) is 2.47. The van der Waals surface area contributed by atoms with E-state index in [0.717, 1.165) is 10.2 Å². The van der Waals surface area contributed by atoms with Crippen molar-refractivity contribution < 1.29 is 4.79 Å². The molecule has 1 rings (SSSR count). The van der Waals surface area contributed by atoms with Crippen molar-refractivity contribution in [2.75, 3.05) is 13.1 Å². The average molecular weight is 274 g/mol. The molecule has 0 atom stereocenters. The zero-order valence-electron chi connectivity index (χ0n) is 9.54. The highest BCUT2D eigenvalue weighted by atomic mass is 79.9. The first kappa shape index (κ1) is 12.2. The largest absolute Gasteiger partial charge is 0.338 e. The van der Waals surface area contributed by atoms with Gasteiger partial charge in [0, 0.05) is 20.1 Å². The Morgan fingerprint density at radius 2 is 2.00 bits per heavy atom. The molecular weight excluding hydrogens is 258 g/mol. The van der Waals surface area contributed by atoms with Crippen LogP contribution in [0.1, 0.15) is 30.0 Å². The highest BCUT2D eigenvalue weighted by molar-refractivity contribution is 9.10. The third kappa shape index (κ3) is 2.22. The fraction of sp³-hybridized carbons (Fsp3) is 0.600. The number of rotatable bonds is 3. The lowest BCUT2D eigenvalue weighted by Crippen LogP contribution is -2.31. The number of aromatic nitrogens is 2. The maximum Gasteiger partial charge on any atom is 0.275 e. The fourth-order valence-corrected chi connectivity index (χ4v) is 1.89. The number of nitrogens with zero attached hydrogens (tertiary/aromatic N) is 3. The van der Waals surface area contributed by atoms with Crippen LogP contribution in [0.25, 0.3) is 0 Å². The Kier molecular flexibility index (Phi) is 3.90. The molecule has 1 aromatic heterocycles. The van der Waals surface area contributed by atoms with E-state index in [1.54, 1.807) is 9.58 Å². The van der Waals surface area contributed by atoms with Crippen molar-refractivity contribution in [3.8, 4) is 0 Å². The molecule has 4 nitrogen and oxygen atoms in total. The number of aryl methyl sites for hydroxylation is 1. The Bertz CT molecular complexity index is 369. The second kappa shape index (κ2) is 4.79. The van der Waals surface area contributed by atoms with Crippen molar-refractivity contribution >= 4 is 21.8 Å². The summed E-state index contributed by atoms with van der Waals surface area (Å²) in [6.45, 7) is 7.26. The topological polar surface area (TPSA) is 38.1 Å². The van der Waals surface area contributed by atoms with E-state index in [2.05, 4.69) is 21.0 Å². The van der Waals surface area contributed by atoms with Crippen LogP contribution in [0.2, 0.25) is 0 Å². The maximum absolute atomic E-state index is 12.0. The van der Waals surface area contributed by atoms with Crippen LogP contribution in [0, 0.1) is 6.92 Å². The predicted octanol–water partition coefficient (Wildman–Crippen LogP) is 1.97. The summed E-state index contributed by atoms with van der Waals surface area (Å²) in [5.74, 6) is -0.0180. The van der Waals surface area contributed by atoms with Crippen LogP contribution in [0.5, 0.6) is 0 Å². The van der Waals surface area contributed by atoms with Crippen molar-refractivity contribution in [1.82, 2.24) is 14.7 Å². The molecule has 0 saturated carbocycles. The molecule has 0 spiro atoms. The Labute approximate surface area is 98.4 Å². The van der Waals surface area contributed by atoms with E-state index in [-0.39, 0.29) is 5.91 Å². The summed E-state index contributed by atoms with van der Waals surface area (Å²) in [6, 6.07) is 0. The summed E-state index contributed by atoms with van der Waals surface area (Å²) in [4.78, 5) is 13.8. The Balaban J connectivity index is 3.06. The summed E-state index contributed by atoms with van der Waals surface area (Å²) >= 11 is 3.40. The van der Waals surface area contributed by atoms with Crippen molar-refractivity contribution in [3.05, 3.63) is 15.9 Å². The number of amides is 1. The predicted molar refractivity (Wildman–Crippen MR) is 62.9 cm³/mol. The zero-order chi connectivity index (χ0) is 11.6. The zero-order valence-corrected chi connectivity index (χ0v) is 11.1. The van der Waals surface area contributed by atoms with Gasteiger partial charge in [-0.15, -0.1) is 0 Å². The highest BCUT2D eigenvalue weighted by Gasteiger charge is 2.21. The molecule has 0 bridgehead atoms. The van der Waals surface area contributed by atoms with Crippen LogP contribution in [0.4, 0.5) is 0 Å². The van der Waals surface area contributed by atoms with Crippen LogP contribution in [0.3, 0.4) is 0 Å². The van der Waals surface area contributed by atoms with Gasteiger partial charge in [0.15, 0.2) is 5.69 Å². The van der Waals surface area contributed by atoms with Gasteiger partial charge in [0.25, 0.3) is 5.91 Å². The molecule has 1 heterocycles. The lowest BCUT2D eigenvalue weighted by molar-refractivity contribution is 0.0765. The second-order valence-electron chi connectivity index (χ2n) is 3.35. The van der Waals surface area contributed by atoms with Crippen molar-refractivity contribution in [2.45, 2.75) is 20.8 Å². The molecule has 84 valence electrons. The van der Waals surface area contributed by atoms with E-state index < -0.39 is 0 Å². The number of carbonyl (C=O) groups is 1. The smallest absolute Gasteiger partial charge is 0.275 e. The molecular formula is C10H16BrN3O.